The van der Waals surface area contributed by atoms with Crippen LogP contribution in [0.25, 0.3) is 21.5 Å². The Labute approximate surface area is 229 Å². The number of piperidine rings is 1. The molecule has 202 valence electrons. The smallest absolute Gasteiger partial charge is 0.246 e. The number of fused-ring (bicyclic) bond motifs is 2. The number of carbonyl (C=O) groups excluding carboxylic acids is 2. The van der Waals surface area contributed by atoms with Gasteiger partial charge in [-0.3, -0.25) is 9.59 Å². The van der Waals surface area contributed by atoms with Gasteiger partial charge in [-0.25, -0.2) is 0 Å². The van der Waals surface area contributed by atoms with E-state index in [9.17, 15) is 14.7 Å². The molecule has 39 heavy (non-hydrogen) atoms. The van der Waals surface area contributed by atoms with Gasteiger partial charge in [-0.1, -0.05) is 84.9 Å². The number of nitrogens with one attached hydrogen (secondary N) is 3. The van der Waals surface area contributed by atoms with Crippen LogP contribution in [0.3, 0.4) is 0 Å². The van der Waals surface area contributed by atoms with Gasteiger partial charge in [-0.2, -0.15) is 0 Å². The Kier molecular flexibility index (Phi) is 8.24. The van der Waals surface area contributed by atoms with Crippen LogP contribution >= 0.6 is 0 Å². The fourth-order valence-electron chi connectivity index (χ4n) is 5.55. The van der Waals surface area contributed by atoms with E-state index in [2.05, 4.69) is 58.4 Å². The average Bonchev–Trinajstić information content (AvgIpc) is 2.97. The highest BCUT2D eigenvalue weighted by molar-refractivity contribution is 5.93. The summed E-state index contributed by atoms with van der Waals surface area (Å²) in [6.45, 7) is 3.18. The fraction of sp³-hybridized carbons (Fsp3) is 0.333. The van der Waals surface area contributed by atoms with Crippen LogP contribution in [0, 0.1) is 5.92 Å². The Morgan fingerprint density at radius 1 is 0.872 bits per heavy atom. The topological polar surface area (TPSA) is 90.5 Å². The van der Waals surface area contributed by atoms with Gasteiger partial charge in [0, 0.05) is 12.3 Å². The molecular weight excluding hydrogens is 486 g/mol. The summed E-state index contributed by atoms with van der Waals surface area (Å²) < 4.78 is 0. The minimum atomic E-state index is -1.18. The Bertz CT molecular complexity index is 1460. The van der Waals surface area contributed by atoms with Gasteiger partial charge in [-0.15, -0.1) is 0 Å². The van der Waals surface area contributed by atoms with Gasteiger partial charge in [-0.05, 0) is 71.9 Å². The Balaban J connectivity index is 1.37. The highest BCUT2D eigenvalue weighted by Crippen LogP contribution is 2.23. The fourth-order valence-corrected chi connectivity index (χ4v) is 5.55. The summed E-state index contributed by atoms with van der Waals surface area (Å²) in [6, 6.07) is 28.1. The largest absolute Gasteiger partial charge is 0.394 e. The van der Waals surface area contributed by atoms with Crippen molar-refractivity contribution in [2.24, 2.45) is 5.92 Å². The zero-order chi connectivity index (χ0) is 27.2. The summed E-state index contributed by atoms with van der Waals surface area (Å²) in [7, 11) is 0. The number of hydrogen-bond donors (Lipinski definition) is 4. The Morgan fingerprint density at radius 2 is 1.44 bits per heavy atom. The molecule has 0 spiro atoms. The zero-order valence-electron chi connectivity index (χ0n) is 22.5. The molecular formula is C33H37N3O3. The minimum absolute atomic E-state index is 0.0926. The maximum atomic E-state index is 13.9. The van der Waals surface area contributed by atoms with Gasteiger partial charge in [0.2, 0.25) is 11.8 Å². The molecule has 5 rings (SSSR count). The van der Waals surface area contributed by atoms with E-state index in [1.165, 1.54) is 0 Å². The minimum Gasteiger partial charge on any atom is -0.394 e. The molecule has 0 bridgehead atoms. The second-order valence-electron chi connectivity index (χ2n) is 10.9. The molecule has 1 heterocycles. The zero-order valence-corrected chi connectivity index (χ0v) is 22.5. The molecule has 0 saturated carbocycles. The van der Waals surface area contributed by atoms with Gasteiger partial charge in [0.05, 0.1) is 12.6 Å². The normalized spacial score (nSPS) is 16.5. The average molecular weight is 524 g/mol. The molecule has 4 aromatic carbocycles. The molecule has 0 aromatic heterocycles. The first-order valence-corrected chi connectivity index (χ1v) is 13.8. The lowest BCUT2D eigenvalue weighted by atomic mass is 9.88. The summed E-state index contributed by atoms with van der Waals surface area (Å²) in [5, 5.41) is 24.1. The van der Waals surface area contributed by atoms with Crippen LogP contribution in [-0.4, -0.2) is 48.2 Å². The Hall–Kier alpha value is -3.74. The molecule has 2 atom stereocenters. The number of amides is 2. The molecule has 4 aromatic rings. The molecule has 0 radical (unpaired) electrons. The predicted octanol–water partition coefficient (Wildman–Crippen LogP) is 4.13. The van der Waals surface area contributed by atoms with Crippen molar-refractivity contribution < 1.29 is 14.7 Å². The number of carbonyl (C=O) groups is 2. The van der Waals surface area contributed by atoms with E-state index in [0.29, 0.717) is 12.8 Å². The van der Waals surface area contributed by atoms with E-state index in [0.717, 1.165) is 58.6 Å². The van der Waals surface area contributed by atoms with E-state index in [1.54, 1.807) is 6.92 Å². The van der Waals surface area contributed by atoms with Gasteiger partial charge in [0.15, 0.2) is 0 Å². The van der Waals surface area contributed by atoms with Crippen LogP contribution in [0.1, 0.15) is 30.9 Å². The molecule has 1 aliphatic rings. The maximum absolute atomic E-state index is 13.9. The van der Waals surface area contributed by atoms with E-state index in [1.807, 2.05) is 42.5 Å². The van der Waals surface area contributed by atoms with Crippen LogP contribution in [0.5, 0.6) is 0 Å². The molecule has 6 heteroatoms. The molecule has 1 aliphatic heterocycles. The maximum Gasteiger partial charge on any atom is 0.246 e. The summed E-state index contributed by atoms with van der Waals surface area (Å²) >= 11 is 0. The standard InChI is InChI=1S/C33H37N3O3/c1-33(36-31(38)27-14-16-34-17-15-27,21-24-11-13-26-7-3-5-9-29(26)19-24)32(39)35-30(22-37)20-23-10-12-25-6-2-4-8-28(25)18-23/h2-13,18-19,27,30,34,37H,14-17,20-22H2,1H3,(H,35,39)(H,36,38)/t30-,33-/m1/s1. The third kappa shape index (κ3) is 6.47. The summed E-state index contributed by atoms with van der Waals surface area (Å²) in [5.74, 6) is -0.510. The predicted molar refractivity (Wildman–Crippen MR) is 156 cm³/mol. The van der Waals surface area contributed by atoms with E-state index in [4.69, 9.17) is 0 Å². The third-order valence-electron chi connectivity index (χ3n) is 7.83. The SMILES string of the molecule is C[C@](Cc1ccc2ccccc2c1)(NC(=O)C1CCNCC1)C(=O)N[C@@H](CO)Cc1ccc2ccccc2c1. The first kappa shape index (κ1) is 26.9. The van der Waals surface area contributed by atoms with Crippen LogP contribution in [0.15, 0.2) is 84.9 Å². The van der Waals surface area contributed by atoms with E-state index >= 15 is 0 Å². The lowest BCUT2D eigenvalue weighted by molar-refractivity contribution is -0.135. The molecule has 1 saturated heterocycles. The summed E-state index contributed by atoms with van der Waals surface area (Å²) in [6.07, 6.45) is 2.33. The third-order valence-corrected chi connectivity index (χ3v) is 7.83. The molecule has 6 nitrogen and oxygen atoms in total. The highest BCUT2D eigenvalue weighted by Gasteiger charge is 2.38. The number of aliphatic hydroxyl groups excluding tert-OH is 1. The molecule has 0 unspecified atom stereocenters. The van der Waals surface area contributed by atoms with Crippen LogP contribution in [0.2, 0.25) is 0 Å². The van der Waals surface area contributed by atoms with Crippen LogP contribution < -0.4 is 16.0 Å². The van der Waals surface area contributed by atoms with Crippen molar-refractivity contribution in [3.63, 3.8) is 0 Å². The number of rotatable bonds is 9. The van der Waals surface area contributed by atoms with Crippen molar-refractivity contribution in [2.75, 3.05) is 19.7 Å². The number of hydrogen-bond acceptors (Lipinski definition) is 4. The van der Waals surface area contributed by atoms with Crippen molar-refractivity contribution in [3.05, 3.63) is 96.1 Å². The molecule has 4 N–H and O–H groups in total. The lowest BCUT2D eigenvalue weighted by Gasteiger charge is -2.34. The van der Waals surface area contributed by atoms with Crippen molar-refractivity contribution in [1.82, 2.24) is 16.0 Å². The van der Waals surface area contributed by atoms with Crippen LogP contribution in [-0.2, 0) is 22.4 Å². The van der Waals surface area contributed by atoms with Crippen molar-refractivity contribution >= 4 is 33.4 Å². The van der Waals surface area contributed by atoms with Crippen molar-refractivity contribution in [1.29, 1.82) is 0 Å². The van der Waals surface area contributed by atoms with Gasteiger partial charge in [0.25, 0.3) is 0 Å². The van der Waals surface area contributed by atoms with Crippen molar-refractivity contribution in [3.8, 4) is 0 Å². The van der Waals surface area contributed by atoms with Gasteiger partial charge >= 0.3 is 0 Å². The Morgan fingerprint density at radius 3 is 2.05 bits per heavy atom. The van der Waals surface area contributed by atoms with Crippen LogP contribution in [0.4, 0.5) is 0 Å². The summed E-state index contributed by atoms with van der Waals surface area (Å²) in [5.41, 5.74) is 0.816. The van der Waals surface area contributed by atoms with Gasteiger partial charge in [0.1, 0.15) is 5.54 Å². The monoisotopic (exact) mass is 523 g/mol. The first-order valence-electron chi connectivity index (χ1n) is 13.8. The first-order chi connectivity index (χ1) is 18.9. The molecule has 2 amide bonds. The second kappa shape index (κ2) is 12.0. The highest BCUT2D eigenvalue weighted by atomic mass is 16.3. The number of benzene rings is 4. The molecule has 1 fully saturated rings. The second-order valence-corrected chi connectivity index (χ2v) is 10.9. The van der Waals surface area contributed by atoms with E-state index < -0.39 is 11.6 Å². The quantitative estimate of drug-likeness (QED) is 0.266. The molecule has 0 aliphatic carbocycles. The lowest BCUT2D eigenvalue weighted by Crippen LogP contribution is -2.61. The van der Waals surface area contributed by atoms with Gasteiger partial charge < -0.3 is 21.1 Å². The van der Waals surface area contributed by atoms with Crippen molar-refractivity contribution in [2.45, 2.75) is 44.2 Å². The van der Waals surface area contributed by atoms with E-state index in [-0.39, 0.29) is 24.3 Å². The summed E-state index contributed by atoms with van der Waals surface area (Å²) in [4.78, 5) is 27.2. The number of aliphatic hydroxyl groups is 1.